The Morgan fingerprint density at radius 1 is 1.05 bits per heavy atom. The molecule has 2 nitrogen and oxygen atoms in total. The maximum absolute atomic E-state index is 10.5. The normalized spacial score (nSPS) is 12.5. The number of hydrogen-bond donors (Lipinski definition) is 0. The van der Waals surface area contributed by atoms with Gasteiger partial charge in [-0.25, -0.2) is 0 Å². The summed E-state index contributed by atoms with van der Waals surface area (Å²) in [5.74, 6) is -0.967. The van der Waals surface area contributed by atoms with Gasteiger partial charge in [0.05, 0.1) is 5.97 Å². The lowest BCUT2D eigenvalue weighted by Gasteiger charge is -2.15. The highest BCUT2D eigenvalue weighted by Gasteiger charge is 2.10. The van der Waals surface area contributed by atoms with Crippen LogP contribution in [-0.2, 0) is 4.79 Å². The number of benzene rings is 2. The van der Waals surface area contributed by atoms with Crippen molar-refractivity contribution >= 4 is 12.0 Å². The van der Waals surface area contributed by atoms with Gasteiger partial charge in [0.2, 0.25) is 0 Å². The molecule has 0 aliphatic carbocycles. The van der Waals surface area contributed by atoms with Crippen LogP contribution in [-0.4, -0.2) is 5.97 Å². The zero-order valence-corrected chi connectivity index (χ0v) is 10.7. The van der Waals surface area contributed by atoms with Crippen molar-refractivity contribution in [2.45, 2.75) is 12.8 Å². The van der Waals surface area contributed by atoms with Crippen LogP contribution in [0.2, 0.25) is 0 Å². The topological polar surface area (TPSA) is 40.1 Å². The molecule has 0 fully saturated rings. The van der Waals surface area contributed by atoms with Gasteiger partial charge in [0, 0.05) is 5.92 Å². The minimum atomic E-state index is -1.18. The SMILES string of the molecule is CC(c1ccccc1)c1ccccc1/C=C/C(=O)[O-]. The molecular weight excluding hydrogens is 236 g/mol. The van der Waals surface area contributed by atoms with Crippen LogP contribution in [0.4, 0.5) is 0 Å². The molecule has 2 rings (SSSR count). The van der Waals surface area contributed by atoms with E-state index in [-0.39, 0.29) is 5.92 Å². The zero-order valence-electron chi connectivity index (χ0n) is 10.7. The summed E-state index contributed by atoms with van der Waals surface area (Å²) >= 11 is 0. The lowest BCUT2D eigenvalue weighted by molar-refractivity contribution is -0.297. The molecule has 0 N–H and O–H groups in total. The summed E-state index contributed by atoms with van der Waals surface area (Å²) in [5.41, 5.74) is 3.21. The first-order valence-corrected chi connectivity index (χ1v) is 6.21. The molecule has 0 aromatic heterocycles. The Kier molecular flexibility index (Phi) is 4.14. The molecule has 1 atom stereocenters. The van der Waals surface area contributed by atoms with Gasteiger partial charge in [-0.2, -0.15) is 0 Å². The minimum absolute atomic E-state index is 0.212. The smallest absolute Gasteiger partial charge is 0.0643 e. The second-order valence-electron chi connectivity index (χ2n) is 4.41. The number of rotatable bonds is 4. The van der Waals surface area contributed by atoms with Crippen LogP contribution in [0.1, 0.15) is 29.5 Å². The van der Waals surface area contributed by atoms with Gasteiger partial charge in [0.1, 0.15) is 0 Å². The molecule has 1 unspecified atom stereocenters. The standard InChI is InChI=1S/C17H16O2/c1-13(14-7-3-2-4-8-14)16-10-6-5-9-15(16)11-12-17(18)19/h2-13H,1H3,(H,18,19)/p-1/b12-11+. The van der Waals surface area contributed by atoms with Crippen molar-refractivity contribution < 1.29 is 9.90 Å². The summed E-state index contributed by atoms with van der Waals surface area (Å²) in [6, 6.07) is 17.9. The summed E-state index contributed by atoms with van der Waals surface area (Å²) in [7, 11) is 0. The molecule has 96 valence electrons. The first-order chi connectivity index (χ1) is 9.18. The van der Waals surface area contributed by atoms with Crippen LogP contribution in [0, 0.1) is 0 Å². The fourth-order valence-electron chi connectivity index (χ4n) is 2.14. The third-order valence-electron chi connectivity index (χ3n) is 3.16. The fourth-order valence-corrected chi connectivity index (χ4v) is 2.14. The van der Waals surface area contributed by atoms with Crippen LogP contribution < -0.4 is 5.11 Å². The Morgan fingerprint density at radius 2 is 1.68 bits per heavy atom. The molecule has 2 aromatic carbocycles. The lowest BCUT2D eigenvalue weighted by Crippen LogP contribution is -2.18. The average molecular weight is 251 g/mol. The predicted molar refractivity (Wildman–Crippen MR) is 74.4 cm³/mol. The molecule has 0 radical (unpaired) electrons. The summed E-state index contributed by atoms with van der Waals surface area (Å²) in [5, 5.41) is 10.5. The van der Waals surface area contributed by atoms with E-state index in [2.05, 4.69) is 19.1 Å². The molecule has 0 amide bonds. The number of carboxylic acid groups (broad SMARTS) is 1. The Hall–Kier alpha value is -2.35. The van der Waals surface area contributed by atoms with Crippen molar-refractivity contribution in [3.8, 4) is 0 Å². The fraction of sp³-hybridized carbons (Fsp3) is 0.118. The predicted octanol–water partition coefficient (Wildman–Crippen LogP) is 2.60. The largest absolute Gasteiger partial charge is 0.545 e. The number of hydrogen-bond acceptors (Lipinski definition) is 2. The van der Waals surface area contributed by atoms with Gasteiger partial charge in [0.15, 0.2) is 0 Å². The minimum Gasteiger partial charge on any atom is -0.545 e. The van der Waals surface area contributed by atoms with E-state index in [0.29, 0.717) is 0 Å². The molecule has 0 aliphatic rings. The maximum Gasteiger partial charge on any atom is 0.0643 e. The van der Waals surface area contributed by atoms with Crippen molar-refractivity contribution in [2.75, 3.05) is 0 Å². The molecule has 0 heterocycles. The third kappa shape index (κ3) is 3.32. The molecule has 2 aromatic rings. The van der Waals surface area contributed by atoms with Crippen LogP contribution in [0.15, 0.2) is 60.7 Å². The van der Waals surface area contributed by atoms with Gasteiger partial charge in [-0.1, -0.05) is 67.6 Å². The van der Waals surface area contributed by atoms with Crippen LogP contribution in [0.3, 0.4) is 0 Å². The molecule has 0 saturated carbocycles. The summed E-state index contributed by atoms with van der Waals surface area (Å²) < 4.78 is 0. The first-order valence-electron chi connectivity index (χ1n) is 6.21. The van der Waals surface area contributed by atoms with Gasteiger partial charge in [-0.3, -0.25) is 0 Å². The third-order valence-corrected chi connectivity index (χ3v) is 3.16. The van der Waals surface area contributed by atoms with E-state index < -0.39 is 5.97 Å². The van der Waals surface area contributed by atoms with Crippen molar-refractivity contribution in [2.24, 2.45) is 0 Å². The van der Waals surface area contributed by atoms with Crippen LogP contribution in [0.5, 0.6) is 0 Å². The lowest BCUT2D eigenvalue weighted by atomic mass is 9.89. The molecule has 2 heteroatoms. The highest BCUT2D eigenvalue weighted by Crippen LogP contribution is 2.27. The summed E-state index contributed by atoms with van der Waals surface area (Å²) in [6.45, 7) is 2.11. The average Bonchev–Trinajstić information content (AvgIpc) is 2.45. The highest BCUT2D eigenvalue weighted by molar-refractivity contribution is 5.84. The molecular formula is C17H15O2-. The molecule has 0 bridgehead atoms. The summed E-state index contributed by atoms with van der Waals surface area (Å²) in [6.07, 6.45) is 2.65. The van der Waals surface area contributed by atoms with E-state index in [9.17, 15) is 9.90 Å². The van der Waals surface area contributed by atoms with Crippen molar-refractivity contribution in [1.82, 2.24) is 0 Å². The van der Waals surface area contributed by atoms with E-state index in [1.807, 2.05) is 42.5 Å². The molecule has 0 aliphatic heterocycles. The quantitative estimate of drug-likeness (QED) is 0.784. The van der Waals surface area contributed by atoms with Gasteiger partial charge in [-0.15, -0.1) is 0 Å². The van der Waals surface area contributed by atoms with E-state index in [1.165, 1.54) is 5.56 Å². The Bertz CT molecular complexity index is 585. The van der Waals surface area contributed by atoms with Crippen molar-refractivity contribution in [1.29, 1.82) is 0 Å². The van der Waals surface area contributed by atoms with Crippen molar-refractivity contribution in [3.63, 3.8) is 0 Å². The molecule has 19 heavy (non-hydrogen) atoms. The van der Waals surface area contributed by atoms with Crippen molar-refractivity contribution in [3.05, 3.63) is 77.4 Å². The van der Waals surface area contributed by atoms with Crippen LogP contribution >= 0.6 is 0 Å². The van der Waals surface area contributed by atoms with E-state index in [4.69, 9.17) is 0 Å². The number of aliphatic carboxylic acids is 1. The number of carbonyl (C=O) groups is 1. The van der Waals surface area contributed by atoms with Gasteiger partial charge < -0.3 is 9.90 Å². The second-order valence-corrected chi connectivity index (χ2v) is 4.41. The second kappa shape index (κ2) is 6.01. The van der Waals surface area contributed by atoms with E-state index >= 15 is 0 Å². The number of carbonyl (C=O) groups excluding carboxylic acids is 1. The van der Waals surface area contributed by atoms with Crippen LogP contribution in [0.25, 0.3) is 6.08 Å². The Morgan fingerprint density at radius 3 is 2.37 bits per heavy atom. The van der Waals surface area contributed by atoms with E-state index in [0.717, 1.165) is 17.2 Å². The Balaban J connectivity index is 2.37. The van der Waals surface area contributed by atoms with Gasteiger partial charge >= 0.3 is 0 Å². The first kappa shape index (κ1) is 13.1. The van der Waals surface area contributed by atoms with Gasteiger partial charge in [0.25, 0.3) is 0 Å². The van der Waals surface area contributed by atoms with E-state index in [1.54, 1.807) is 6.08 Å². The summed E-state index contributed by atoms with van der Waals surface area (Å²) in [4.78, 5) is 10.5. The molecule has 0 saturated heterocycles. The monoisotopic (exact) mass is 251 g/mol. The highest BCUT2D eigenvalue weighted by atomic mass is 16.4. The zero-order chi connectivity index (χ0) is 13.7. The Labute approximate surface area is 113 Å². The van der Waals surface area contributed by atoms with Gasteiger partial charge in [-0.05, 0) is 22.8 Å². The number of carboxylic acids is 1. The maximum atomic E-state index is 10.5. The molecule has 0 spiro atoms.